The zero-order valence-electron chi connectivity index (χ0n) is 13.0. The van der Waals surface area contributed by atoms with Crippen LogP contribution in [0.5, 0.6) is 0 Å². The van der Waals surface area contributed by atoms with Gasteiger partial charge in [0, 0.05) is 24.9 Å². The molecule has 23 heavy (non-hydrogen) atoms. The number of thioether (sulfide) groups is 1. The van der Waals surface area contributed by atoms with Crippen LogP contribution in [-0.4, -0.2) is 34.1 Å². The minimum absolute atomic E-state index is 0.277. The van der Waals surface area contributed by atoms with Gasteiger partial charge in [0.15, 0.2) is 5.16 Å². The molecule has 0 bridgehead atoms. The minimum Gasteiger partial charge on any atom is -0.478 e. The van der Waals surface area contributed by atoms with Crippen molar-refractivity contribution in [1.82, 2.24) is 9.97 Å². The highest BCUT2D eigenvalue weighted by molar-refractivity contribution is 7.98. The Hall–Kier alpha value is -1.79. The summed E-state index contributed by atoms with van der Waals surface area (Å²) in [6, 6.07) is 8.61. The molecule has 0 atom stereocenters. The molecule has 0 unspecified atom stereocenters. The summed E-state index contributed by atoms with van der Waals surface area (Å²) in [5.74, 6) is 0.454. The molecule has 2 rings (SSSR count). The summed E-state index contributed by atoms with van der Waals surface area (Å²) in [5.41, 5.74) is 1.18. The number of carbonyl (C=O) groups is 1. The quantitative estimate of drug-likeness (QED) is 0.462. The molecule has 0 radical (unpaired) electrons. The van der Waals surface area contributed by atoms with Crippen molar-refractivity contribution in [2.45, 2.75) is 24.8 Å². The van der Waals surface area contributed by atoms with E-state index in [2.05, 4.69) is 28.7 Å². The van der Waals surface area contributed by atoms with Crippen LogP contribution < -0.4 is 4.90 Å². The monoisotopic (exact) mass is 351 g/mol. The Bertz CT molecular complexity index is 693. The number of rotatable bonds is 7. The summed E-state index contributed by atoms with van der Waals surface area (Å²) >= 11 is 7.52. The van der Waals surface area contributed by atoms with Gasteiger partial charge in [0.2, 0.25) is 0 Å². The van der Waals surface area contributed by atoms with Gasteiger partial charge in [-0.25, -0.2) is 14.8 Å². The van der Waals surface area contributed by atoms with Crippen molar-refractivity contribution in [3.8, 4) is 0 Å². The Labute approximate surface area is 144 Å². The molecule has 0 saturated heterocycles. The lowest BCUT2D eigenvalue weighted by molar-refractivity contribution is 0.0697. The molecule has 2 aromatic rings. The normalized spacial score (nSPS) is 10.6. The number of hydrogen-bond acceptors (Lipinski definition) is 5. The fourth-order valence-electron chi connectivity index (χ4n) is 2.10. The second-order valence-electron chi connectivity index (χ2n) is 4.80. The molecule has 0 saturated carbocycles. The van der Waals surface area contributed by atoms with Crippen molar-refractivity contribution in [2.24, 2.45) is 0 Å². The highest BCUT2D eigenvalue weighted by atomic mass is 35.5. The number of anilines is 1. The molecule has 0 spiro atoms. The van der Waals surface area contributed by atoms with E-state index in [1.54, 1.807) is 24.3 Å². The van der Waals surface area contributed by atoms with Crippen LogP contribution >= 0.6 is 23.4 Å². The maximum Gasteiger partial charge on any atom is 0.335 e. The number of hydrogen-bond donors (Lipinski definition) is 1. The largest absolute Gasteiger partial charge is 0.478 e. The van der Waals surface area contributed by atoms with Crippen molar-refractivity contribution in [2.75, 3.05) is 18.0 Å². The summed E-state index contributed by atoms with van der Waals surface area (Å²) in [4.78, 5) is 21.9. The van der Waals surface area contributed by atoms with Gasteiger partial charge in [-0.1, -0.05) is 35.5 Å². The Kier molecular flexibility index (Phi) is 6.24. The van der Waals surface area contributed by atoms with Crippen LogP contribution in [0.2, 0.25) is 5.15 Å². The number of carboxylic acid groups (broad SMARTS) is 1. The summed E-state index contributed by atoms with van der Waals surface area (Å²) in [5, 5.41) is 10.0. The summed E-state index contributed by atoms with van der Waals surface area (Å²) in [7, 11) is 0. The zero-order chi connectivity index (χ0) is 16.8. The first-order chi connectivity index (χ1) is 11.0. The molecular formula is C16H18ClN3O2S. The maximum absolute atomic E-state index is 11.0. The lowest BCUT2D eigenvalue weighted by Crippen LogP contribution is -2.23. The van der Waals surface area contributed by atoms with Crippen LogP contribution in [-0.2, 0) is 5.75 Å². The molecule has 1 aromatic carbocycles. The highest BCUT2D eigenvalue weighted by Crippen LogP contribution is 2.24. The van der Waals surface area contributed by atoms with Gasteiger partial charge in [0.25, 0.3) is 0 Å². The SMILES string of the molecule is CCN(CC)c1cc(Cl)nc(SCc2cccc(C(=O)O)c2)n1. The van der Waals surface area contributed by atoms with Crippen molar-refractivity contribution in [1.29, 1.82) is 0 Å². The Morgan fingerprint density at radius 3 is 2.65 bits per heavy atom. The van der Waals surface area contributed by atoms with Crippen LogP contribution in [0.3, 0.4) is 0 Å². The van der Waals surface area contributed by atoms with Crippen molar-refractivity contribution in [3.63, 3.8) is 0 Å². The van der Waals surface area contributed by atoms with E-state index in [0.717, 1.165) is 24.5 Å². The Morgan fingerprint density at radius 2 is 2.00 bits per heavy atom. The Balaban J connectivity index is 2.14. The second kappa shape index (κ2) is 8.17. The number of aromatic nitrogens is 2. The van der Waals surface area contributed by atoms with Gasteiger partial charge in [0.05, 0.1) is 5.56 Å². The van der Waals surface area contributed by atoms with Crippen molar-refractivity contribution in [3.05, 3.63) is 46.6 Å². The smallest absolute Gasteiger partial charge is 0.335 e. The lowest BCUT2D eigenvalue weighted by Gasteiger charge is -2.20. The van der Waals surface area contributed by atoms with E-state index in [1.807, 2.05) is 6.07 Å². The van der Waals surface area contributed by atoms with Crippen LogP contribution in [0.1, 0.15) is 29.8 Å². The second-order valence-corrected chi connectivity index (χ2v) is 6.13. The number of nitrogens with zero attached hydrogens (tertiary/aromatic N) is 3. The zero-order valence-corrected chi connectivity index (χ0v) is 14.6. The topological polar surface area (TPSA) is 66.3 Å². The highest BCUT2D eigenvalue weighted by Gasteiger charge is 2.10. The fraction of sp³-hybridized carbons (Fsp3) is 0.312. The van der Waals surface area contributed by atoms with Crippen LogP contribution in [0.4, 0.5) is 5.82 Å². The molecular weight excluding hydrogens is 334 g/mol. The first-order valence-corrected chi connectivity index (χ1v) is 8.64. The minimum atomic E-state index is -0.931. The predicted octanol–water partition coefficient (Wildman–Crippen LogP) is 3.97. The molecule has 0 amide bonds. The first-order valence-electron chi connectivity index (χ1n) is 7.28. The molecule has 1 heterocycles. The molecule has 0 aliphatic rings. The molecule has 0 aliphatic carbocycles. The predicted molar refractivity (Wildman–Crippen MR) is 93.6 cm³/mol. The van der Waals surface area contributed by atoms with Gasteiger partial charge in [0.1, 0.15) is 11.0 Å². The van der Waals surface area contributed by atoms with Gasteiger partial charge >= 0.3 is 5.97 Å². The van der Waals surface area contributed by atoms with Crippen molar-refractivity contribution >= 4 is 35.1 Å². The van der Waals surface area contributed by atoms with Crippen LogP contribution in [0, 0.1) is 0 Å². The van der Waals surface area contributed by atoms with E-state index in [9.17, 15) is 4.79 Å². The van der Waals surface area contributed by atoms with Gasteiger partial charge in [-0.15, -0.1) is 0 Å². The van der Waals surface area contributed by atoms with E-state index in [1.165, 1.54) is 11.8 Å². The molecule has 1 N–H and O–H groups in total. The number of benzene rings is 1. The number of carboxylic acids is 1. The van der Waals surface area contributed by atoms with Crippen LogP contribution in [0.25, 0.3) is 0 Å². The van der Waals surface area contributed by atoms with E-state index < -0.39 is 5.97 Å². The first kappa shape index (κ1) is 17.6. The van der Waals surface area contributed by atoms with E-state index in [4.69, 9.17) is 16.7 Å². The average molecular weight is 352 g/mol. The van der Waals surface area contributed by atoms with Gasteiger partial charge < -0.3 is 10.0 Å². The third kappa shape index (κ3) is 4.84. The van der Waals surface area contributed by atoms with Gasteiger partial charge in [-0.3, -0.25) is 0 Å². The van der Waals surface area contributed by atoms with Gasteiger partial charge in [-0.05, 0) is 31.5 Å². The average Bonchev–Trinajstić information content (AvgIpc) is 2.54. The molecule has 0 fully saturated rings. The maximum atomic E-state index is 11.0. The van der Waals surface area contributed by atoms with Crippen molar-refractivity contribution < 1.29 is 9.90 Å². The number of halogens is 1. The van der Waals surface area contributed by atoms with E-state index >= 15 is 0 Å². The fourth-order valence-corrected chi connectivity index (χ4v) is 3.13. The summed E-state index contributed by atoms with van der Waals surface area (Å²) in [6.07, 6.45) is 0. The summed E-state index contributed by atoms with van der Waals surface area (Å²) in [6.45, 7) is 5.80. The molecule has 122 valence electrons. The van der Waals surface area contributed by atoms with E-state index in [0.29, 0.717) is 16.1 Å². The standard InChI is InChI=1S/C16H18ClN3O2S/c1-3-20(4-2)14-9-13(17)18-16(19-14)23-10-11-6-5-7-12(8-11)15(21)22/h5-9H,3-4,10H2,1-2H3,(H,21,22). The molecule has 5 nitrogen and oxygen atoms in total. The third-order valence-electron chi connectivity index (χ3n) is 3.29. The van der Waals surface area contributed by atoms with Crippen LogP contribution in [0.15, 0.2) is 35.5 Å². The third-order valence-corrected chi connectivity index (χ3v) is 4.40. The lowest BCUT2D eigenvalue weighted by atomic mass is 10.1. The molecule has 0 aliphatic heterocycles. The number of aromatic carboxylic acids is 1. The molecule has 7 heteroatoms. The van der Waals surface area contributed by atoms with Gasteiger partial charge in [-0.2, -0.15) is 0 Å². The molecule has 1 aromatic heterocycles. The van der Waals surface area contributed by atoms with E-state index in [-0.39, 0.29) is 5.56 Å². The summed E-state index contributed by atoms with van der Waals surface area (Å²) < 4.78 is 0. The Morgan fingerprint density at radius 1 is 1.26 bits per heavy atom.